The fraction of sp³-hybridized carbons (Fsp3) is 0.312. The van der Waals surface area contributed by atoms with Crippen LogP contribution in [0.15, 0.2) is 41.3 Å². The van der Waals surface area contributed by atoms with Gasteiger partial charge in [-0.05, 0) is 13.3 Å². The van der Waals surface area contributed by atoms with Crippen molar-refractivity contribution in [2.75, 3.05) is 12.0 Å². The monoisotopic (exact) mass is 317 g/mol. The first-order chi connectivity index (χ1) is 11.1. The van der Waals surface area contributed by atoms with E-state index in [4.69, 9.17) is 4.74 Å². The van der Waals surface area contributed by atoms with Crippen LogP contribution in [0.2, 0.25) is 0 Å². The van der Waals surface area contributed by atoms with Crippen LogP contribution in [-0.2, 0) is 11.3 Å². The molecule has 2 rings (SSSR count). The second kappa shape index (κ2) is 7.44. The van der Waals surface area contributed by atoms with E-state index in [2.05, 4.69) is 5.43 Å². The number of aromatic nitrogens is 2. The standard InChI is InChI=1S/C16H19N3O4/c1-3-10-18-11-13(14(20)12-8-6-5-7-9-12)19(16(18)22)17-15(21)23-4-2/h5-9,11H,3-4,10H2,1-2H3,(H,17,21). The van der Waals surface area contributed by atoms with Crippen LogP contribution in [0.4, 0.5) is 4.79 Å². The minimum atomic E-state index is -0.786. The van der Waals surface area contributed by atoms with E-state index in [0.29, 0.717) is 12.1 Å². The largest absolute Gasteiger partial charge is 0.449 e. The maximum atomic E-state index is 12.6. The predicted molar refractivity (Wildman–Crippen MR) is 85.2 cm³/mol. The van der Waals surface area contributed by atoms with E-state index in [0.717, 1.165) is 11.1 Å². The van der Waals surface area contributed by atoms with Gasteiger partial charge in [-0.3, -0.25) is 9.36 Å². The molecule has 2 aromatic rings. The Labute approximate surface area is 133 Å². The van der Waals surface area contributed by atoms with E-state index in [9.17, 15) is 14.4 Å². The van der Waals surface area contributed by atoms with Crippen molar-refractivity contribution < 1.29 is 14.3 Å². The van der Waals surface area contributed by atoms with Crippen molar-refractivity contribution in [2.45, 2.75) is 26.8 Å². The molecule has 0 bridgehead atoms. The Morgan fingerprint density at radius 1 is 1.17 bits per heavy atom. The van der Waals surface area contributed by atoms with Crippen LogP contribution in [0.5, 0.6) is 0 Å². The van der Waals surface area contributed by atoms with E-state index < -0.39 is 11.8 Å². The summed E-state index contributed by atoms with van der Waals surface area (Å²) in [5.41, 5.74) is 2.34. The summed E-state index contributed by atoms with van der Waals surface area (Å²) in [5.74, 6) is -0.352. The molecule has 0 unspecified atom stereocenters. The topological polar surface area (TPSA) is 82.3 Å². The van der Waals surface area contributed by atoms with Crippen molar-refractivity contribution in [1.29, 1.82) is 0 Å². The van der Waals surface area contributed by atoms with Gasteiger partial charge in [-0.25, -0.2) is 15.0 Å². The molecule has 0 aliphatic rings. The summed E-state index contributed by atoms with van der Waals surface area (Å²) < 4.78 is 7.10. The van der Waals surface area contributed by atoms with Gasteiger partial charge >= 0.3 is 11.8 Å². The normalized spacial score (nSPS) is 10.3. The van der Waals surface area contributed by atoms with Crippen molar-refractivity contribution in [2.24, 2.45) is 0 Å². The molecular weight excluding hydrogens is 298 g/mol. The fourth-order valence-electron chi connectivity index (χ4n) is 2.15. The smallest absolute Gasteiger partial charge is 0.426 e. The zero-order valence-electron chi connectivity index (χ0n) is 13.1. The van der Waals surface area contributed by atoms with Gasteiger partial charge in [0, 0.05) is 18.3 Å². The summed E-state index contributed by atoms with van der Waals surface area (Å²) >= 11 is 0. The van der Waals surface area contributed by atoms with Crippen molar-refractivity contribution in [3.05, 3.63) is 58.3 Å². The highest BCUT2D eigenvalue weighted by Crippen LogP contribution is 2.08. The highest BCUT2D eigenvalue weighted by Gasteiger charge is 2.20. The van der Waals surface area contributed by atoms with Crippen LogP contribution in [0.1, 0.15) is 36.3 Å². The number of nitrogens with one attached hydrogen (secondary N) is 1. The maximum Gasteiger partial charge on any atom is 0.426 e. The molecule has 7 heteroatoms. The summed E-state index contributed by atoms with van der Waals surface area (Å²) in [6.45, 7) is 4.19. The summed E-state index contributed by atoms with van der Waals surface area (Å²) in [5, 5.41) is 0. The Bertz CT molecular complexity index is 746. The molecule has 0 saturated heterocycles. The van der Waals surface area contributed by atoms with Crippen molar-refractivity contribution in [3.8, 4) is 0 Å². The molecule has 1 heterocycles. The molecule has 0 saturated carbocycles. The Balaban J connectivity index is 2.44. The molecule has 7 nitrogen and oxygen atoms in total. The second-order valence-corrected chi connectivity index (χ2v) is 4.85. The van der Waals surface area contributed by atoms with Gasteiger partial charge in [0.15, 0.2) is 0 Å². The number of amides is 1. The zero-order valence-corrected chi connectivity index (χ0v) is 13.1. The number of ketones is 1. The number of imidazole rings is 1. The third kappa shape index (κ3) is 3.68. The number of rotatable bonds is 6. The average molecular weight is 317 g/mol. The summed E-state index contributed by atoms with van der Waals surface area (Å²) in [6, 6.07) is 8.56. The molecule has 1 aromatic carbocycles. The molecule has 0 aliphatic carbocycles. The first-order valence-electron chi connectivity index (χ1n) is 7.44. The van der Waals surface area contributed by atoms with Gasteiger partial charge < -0.3 is 4.74 Å². The number of nitrogens with zero attached hydrogens (tertiary/aromatic N) is 2. The zero-order chi connectivity index (χ0) is 16.8. The lowest BCUT2D eigenvalue weighted by atomic mass is 10.1. The summed E-state index contributed by atoms with van der Waals surface area (Å²) in [6.07, 6.45) is 1.39. The maximum absolute atomic E-state index is 12.6. The fourth-order valence-corrected chi connectivity index (χ4v) is 2.15. The van der Waals surface area contributed by atoms with Crippen LogP contribution in [0.3, 0.4) is 0 Å². The number of hydrogen-bond acceptors (Lipinski definition) is 4. The van der Waals surface area contributed by atoms with Crippen molar-refractivity contribution in [1.82, 2.24) is 9.24 Å². The summed E-state index contributed by atoms with van der Waals surface area (Å²) in [7, 11) is 0. The van der Waals surface area contributed by atoms with E-state index >= 15 is 0 Å². The first-order valence-corrected chi connectivity index (χ1v) is 7.44. The molecule has 1 aromatic heterocycles. The van der Waals surface area contributed by atoms with Gasteiger partial charge in [0.2, 0.25) is 5.78 Å². The highest BCUT2D eigenvalue weighted by molar-refractivity contribution is 6.08. The molecule has 23 heavy (non-hydrogen) atoms. The number of ether oxygens (including phenoxy) is 1. The third-order valence-corrected chi connectivity index (χ3v) is 3.17. The second-order valence-electron chi connectivity index (χ2n) is 4.85. The highest BCUT2D eigenvalue weighted by atomic mass is 16.6. The van der Waals surface area contributed by atoms with Gasteiger partial charge in [-0.1, -0.05) is 37.3 Å². The molecule has 122 valence electrons. The Hall–Kier alpha value is -2.83. The molecule has 1 N–H and O–H groups in total. The van der Waals surface area contributed by atoms with Crippen LogP contribution in [0, 0.1) is 0 Å². The molecule has 0 atom stereocenters. The van der Waals surface area contributed by atoms with Gasteiger partial charge in [-0.2, -0.15) is 4.68 Å². The SMILES string of the molecule is CCCn1cc(C(=O)c2ccccc2)n(NC(=O)OCC)c1=O. The van der Waals surface area contributed by atoms with Gasteiger partial charge in [0.25, 0.3) is 0 Å². The minimum Gasteiger partial charge on any atom is -0.449 e. The van der Waals surface area contributed by atoms with Crippen LogP contribution < -0.4 is 11.1 Å². The van der Waals surface area contributed by atoms with Gasteiger partial charge in [0.05, 0.1) is 6.61 Å². The number of carbonyl (C=O) groups excluding carboxylic acids is 2. The minimum absolute atomic E-state index is 0.0858. The molecule has 0 radical (unpaired) electrons. The summed E-state index contributed by atoms with van der Waals surface area (Å²) in [4.78, 5) is 36.6. The lowest BCUT2D eigenvalue weighted by Crippen LogP contribution is -2.36. The molecule has 1 amide bonds. The van der Waals surface area contributed by atoms with Crippen LogP contribution in [0.25, 0.3) is 0 Å². The number of carbonyl (C=O) groups is 2. The first kappa shape index (κ1) is 16.5. The van der Waals surface area contributed by atoms with Gasteiger partial charge in [0.1, 0.15) is 5.69 Å². The third-order valence-electron chi connectivity index (χ3n) is 3.17. The molecular formula is C16H19N3O4. The molecule has 0 aliphatic heterocycles. The van der Waals surface area contributed by atoms with E-state index in [1.807, 2.05) is 6.92 Å². The average Bonchev–Trinajstić information content (AvgIpc) is 2.85. The Kier molecular flexibility index (Phi) is 5.35. The quantitative estimate of drug-likeness (QED) is 0.826. The van der Waals surface area contributed by atoms with E-state index in [1.54, 1.807) is 37.3 Å². The lowest BCUT2D eigenvalue weighted by Gasteiger charge is -2.08. The van der Waals surface area contributed by atoms with Crippen molar-refractivity contribution in [3.63, 3.8) is 0 Å². The number of hydrogen-bond donors (Lipinski definition) is 1. The van der Waals surface area contributed by atoms with Crippen LogP contribution in [-0.4, -0.2) is 27.7 Å². The number of benzene rings is 1. The molecule has 0 fully saturated rings. The van der Waals surface area contributed by atoms with Crippen molar-refractivity contribution >= 4 is 11.9 Å². The van der Waals surface area contributed by atoms with Crippen LogP contribution >= 0.6 is 0 Å². The number of aryl methyl sites for hydroxylation is 1. The Morgan fingerprint density at radius 3 is 2.48 bits per heavy atom. The lowest BCUT2D eigenvalue weighted by molar-refractivity contribution is 0.103. The Morgan fingerprint density at radius 2 is 1.87 bits per heavy atom. The molecule has 0 spiro atoms. The predicted octanol–water partition coefficient (Wildman–Crippen LogP) is 1.99. The van der Waals surface area contributed by atoms with E-state index in [-0.39, 0.29) is 18.1 Å². The van der Waals surface area contributed by atoms with E-state index in [1.165, 1.54) is 10.8 Å². The van der Waals surface area contributed by atoms with Gasteiger partial charge in [-0.15, -0.1) is 0 Å².